The van der Waals surface area contributed by atoms with Crippen LogP contribution in [0.5, 0.6) is 0 Å². The lowest BCUT2D eigenvalue weighted by molar-refractivity contribution is -0.144. The zero-order valence-corrected chi connectivity index (χ0v) is 41.0. The minimum Gasteiger partial charge on any atom is -0.481 e. The molecule has 6 amide bonds. The lowest BCUT2D eigenvalue weighted by Gasteiger charge is -2.24. The number of H-pyrrole nitrogens is 1. The van der Waals surface area contributed by atoms with E-state index in [2.05, 4.69) is 41.9 Å². The van der Waals surface area contributed by atoms with Crippen LogP contribution < -0.4 is 48.5 Å². The molecular weight excluding hydrogens is 1030 g/mol. The number of aliphatic carboxylic acids is 7. The summed E-state index contributed by atoms with van der Waals surface area (Å²) in [5, 5.41) is 81.9. The van der Waals surface area contributed by atoms with Gasteiger partial charge in [-0.2, -0.15) is 4.98 Å². The molecule has 1 aliphatic rings. The van der Waals surface area contributed by atoms with E-state index in [1.54, 1.807) is 12.1 Å². The summed E-state index contributed by atoms with van der Waals surface area (Å²) in [6.45, 7) is 0.567. The molecule has 1 aromatic carbocycles. The first-order chi connectivity index (χ1) is 36.2. The molecule has 31 heteroatoms. The number of aromatic nitrogens is 2. The zero-order valence-electron chi connectivity index (χ0n) is 41.0. The number of aryl methyl sites for hydroxylation is 1. The van der Waals surface area contributed by atoms with Gasteiger partial charge in [-0.05, 0) is 81.4 Å². The van der Waals surface area contributed by atoms with E-state index in [4.69, 9.17) is 10.8 Å². The highest BCUT2D eigenvalue weighted by Crippen LogP contribution is 2.24. The minimum absolute atomic E-state index is 0.00995. The van der Waals surface area contributed by atoms with Gasteiger partial charge in [-0.1, -0.05) is 12.1 Å². The number of amides is 6. The molecule has 1 aliphatic heterocycles. The minimum atomic E-state index is -1.77. The number of anilines is 2. The highest BCUT2D eigenvalue weighted by Gasteiger charge is 2.30. The molecule has 31 nitrogen and oxygen atoms in total. The Morgan fingerprint density at radius 3 is 1.19 bits per heavy atom. The highest BCUT2D eigenvalue weighted by atomic mass is 16.4. The molecule has 77 heavy (non-hydrogen) atoms. The van der Waals surface area contributed by atoms with Crippen molar-refractivity contribution in [2.45, 2.75) is 133 Å². The second-order valence-electron chi connectivity index (χ2n) is 17.7. The molecule has 0 fully saturated rings. The van der Waals surface area contributed by atoms with E-state index in [9.17, 15) is 97.8 Å². The molecule has 0 radical (unpaired) electrons. The van der Waals surface area contributed by atoms with Crippen molar-refractivity contribution in [3.05, 3.63) is 51.3 Å². The van der Waals surface area contributed by atoms with Gasteiger partial charge in [0.2, 0.25) is 35.5 Å². The summed E-state index contributed by atoms with van der Waals surface area (Å²) in [6.07, 6.45) is -5.44. The van der Waals surface area contributed by atoms with E-state index in [1.165, 1.54) is 12.1 Å². The average molecular weight is 1090 g/mol. The van der Waals surface area contributed by atoms with E-state index >= 15 is 0 Å². The van der Waals surface area contributed by atoms with E-state index in [0.29, 0.717) is 37.2 Å². The maximum atomic E-state index is 13.0. The van der Waals surface area contributed by atoms with Crippen molar-refractivity contribution in [1.29, 1.82) is 0 Å². The second-order valence-corrected chi connectivity index (χ2v) is 17.7. The van der Waals surface area contributed by atoms with Crippen LogP contribution in [-0.4, -0.2) is 166 Å². The van der Waals surface area contributed by atoms with Crippen LogP contribution >= 0.6 is 0 Å². The van der Waals surface area contributed by atoms with Crippen LogP contribution in [-0.2, 0) is 70.4 Å². The van der Waals surface area contributed by atoms with Crippen molar-refractivity contribution < 1.29 is 98.1 Å². The fourth-order valence-electron chi connectivity index (χ4n) is 7.61. The number of hydrogen-bond acceptors (Lipinski definition) is 17. The van der Waals surface area contributed by atoms with Crippen LogP contribution in [0, 0.1) is 5.92 Å². The standard InChI is InChI=1S/C46H60N10O21/c47-46-55-37-24(39(65)56-46)19-22(20-48-37)2-1-21-3-5-23(6-4-21)38(64)54-30(45(76)77)11-17-35(61)52-28(43(72)73)9-15-33(59)50-26(41(68)69)7-13-31(57)49-25(40(66)67)8-14-32(58)51-27(42(70)71)10-16-34(60)53-29(44(74)75)12-18-36(62)63/h3-6,22,25-30H,1-2,7-20H2,(H,49,57)(H,50,59)(H,51,58)(H,52,61)(H,53,60)(H,54,64)(H,62,63)(H,66,67)(H,68,69)(H,70,71)(H,72,73)(H,74,75)(H,76,77)(H4,47,48,55,56,65)/t22-,25+,26+,27+,28+,29+,30+/m1/s1. The fourth-order valence-corrected chi connectivity index (χ4v) is 7.61. The number of rotatable bonds is 34. The highest BCUT2D eigenvalue weighted by molar-refractivity contribution is 5.97. The molecule has 0 saturated heterocycles. The fraction of sp³-hybridized carbons (Fsp3) is 0.500. The second kappa shape index (κ2) is 30.2. The smallest absolute Gasteiger partial charge is 0.326 e. The van der Waals surface area contributed by atoms with Gasteiger partial charge in [0.25, 0.3) is 11.5 Å². The Balaban J connectivity index is 1.42. The number of nitrogens with two attached hydrogens (primary N) is 1. The number of nitrogens with zero attached hydrogens (tertiary/aromatic N) is 1. The molecule has 0 saturated carbocycles. The van der Waals surface area contributed by atoms with Crippen molar-refractivity contribution in [1.82, 2.24) is 41.9 Å². The quantitative estimate of drug-likeness (QED) is 0.0341. The monoisotopic (exact) mass is 1090 g/mol. The number of carboxylic acid groups (broad SMARTS) is 7. The van der Waals surface area contributed by atoms with Gasteiger partial charge in [0, 0.05) is 50.6 Å². The van der Waals surface area contributed by atoms with Crippen molar-refractivity contribution in [3.63, 3.8) is 0 Å². The topological polar surface area (TPSA) is 520 Å². The van der Waals surface area contributed by atoms with Gasteiger partial charge in [-0.3, -0.25) is 43.3 Å². The SMILES string of the molecule is Nc1nc2c(c(=O)[nH]1)C[C@@H](CCc1ccc(C(=O)N[C@@H](CCC(=O)N[C@@H](CCC(=O)N[C@@H](CCC(=O)N[C@@H](CCC(=O)N[C@@H](CCC(=O)N[C@@H](CCC(=O)O)C(=O)O)C(=O)O)C(=O)O)C(=O)O)C(=O)O)C(=O)O)cc1)CN2. The average Bonchev–Trinajstić information content (AvgIpc) is 3.35. The Kier molecular flexibility index (Phi) is 24.4. The molecule has 2 heterocycles. The lowest BCUT2D eigenvalue weighted by atomic mass is 9.91. The number of hydrogen-bond donors (Lipinski definition) is 16. The van der Waals surface area contributed by atoms with Crippen molar-refractivity contribution in [2.75, 3.05) is 17.6 Å². The van der Waals surface area contributed by atoms with Crippen LogP contribution in [0.3, 0.4) is 0 Å². The van der Waals surface area contributed by atoms with Crippen LogP contribution in [0.15, 0.2) is 29.1 Å². The summed E-state index contributed by atoms with van der Waals surface area (Å²) in [6, 6.07) is -3.82. The summed E-state index contributed by atoms with van der Waals surface area (Å²) in [5.74, 6) is -16.2. The van der Waals surface area contributed by atoms with Gasteiger partial charge in [-0.25, -0.2) is 28.8 Å². The molecule has 0 spiro atoms. The number of nitrogen functional groups attached to an aromatic ring is 1. The van der Waals surface area contributed by atoms with E-state index in [0.717, 1.165) is 5.56 Å². The summed E-state index contributed by atoms with van der Waals surface area (Å²) in [7, 11) is 0. The van der Waals surface area contributed by atoms with E-state index in [1.807, 2.05) is 5.32 Å². The van der Waals surface area contributed by atoms with Gasteiger partial charge < -0.3 is 78.7 Å². The van der Waals surface area contributed by atoms with Crippen LogP contribution in [0.2, 0.25) is 0 Å². The van der Waals surface area contributed by atoms with Gasteiger partial charge in [-0.15, -0.1) is 0 Å². The Labute approximate surface area is 435 Å². The normalized spacial score (nSPS) is 14.9. The Hall–Kier alpha value is -9.19. The summed E-state index contributed by atoms with van der Waals surface area (Å²) in [5.41, 5.74) is 6.77. The predicted molar refractivity (Wildman–Crippen MR) is 259 cm³/mol. The summed E-state index contributed by atoms with van der Waals surface area (Å²) >= 11 is 0. The zero-order chi connectivity index (χ0) is 57.5. The Morgan fingerprint density at radius 1 is 0.519 bits per heavy atom. The molecule has 2 aromatic rings. The van der Waals surface area contributed by atoms with Crippen molar-refractivity contribution >= 4 is 89.0 Å². The number of nitrogens with one attached hydrogen (secondary N) is 8. The third-order valence-electron chi connectivity index (χ3n) is 11.9. The van der Waals surface area contributed by atoms with Crippen LogP contribution in [0.25, 0.3) is 0 Å². The number of carbonyl (C=O) groups is 13. The number of benzene rings is 1. The third kappa shape index (κ3) is 22.1. The molecule has 420 valence electrons. The van der Waals surface area contributed by atoms with Crippen LogP contribution in [0.4, 0.5) is 11.8 Å². The summed E-state index contributed by atoms with van der Waals surface area (Å²) in [4.78, 5) is 176. The first-order valence-electron chi connectivity index (χ1n) is 23.8. The van der Waals surface area contributed by atoms with Crippen molar-refractivity contribution in [2.24, 2.45) is 5.92 Å². The molecular formula is C46H60N10O21. The summed E-state index contributed by atoms with van der Waals surface area (Å²) < 4.78 is 0. The predicted octanol–water partition coefficient (Wildman–Crippen LogP) is -2.64. The Bertz CT molecular complexity index is 2610. The Morgan fingerprint density at radius 2 is 0.857 bits per heavy atom. The maximum Gasteiger partial charge on any atom is 0.326 e. The first-order valence-corrected chi connectivity index (χ1v) is 23.8. The molecule has 1 aromatic heterocycles. The first kappa shape index (κ1) is 62.1. The number of carboxylic acids is 7. The van der Waals surface area contributed by atoms with E-state index in [-0.39, 0.29) is 23.0 Å². The molecule has 0 bridgehead atoms. The van der Waals surface area contributed by atoms with Crippen LogP contribution in [0.1, 0.15) is 105 Å². The molecule has 0 unspecified atom stereocenters. The van der Waals surface area contributed by atoms with Gasteiger partial charge >= 0.3 is 41.8 Å². The molecule has 17 N–H and O–H groups in total. The maximum absolute atomic E-state index is 13.0. The molecule has 3 rings (SSSR count). The van der Waals surface area contributed by atoms with E-state index < -0.39 is 191 Å². The number of aromatic amines is 1. The largest absolute Gasteiger partial charge is 0.481 e. The lowest BCUT2D eigenvalue weighted by Crippen LogP contribution is -2.46. The number of carbonyl (C=O) groups excluding carboxylic acids is 6. The number of fused-ring (bicyclic) bond motifs is 1. The van der Waals surface area contributed by atoms with Gasteiger partial charge in [0.05, 0.1) is 5.56 Å². The third-order valence-corrected chi connectivity index (χ3v) is 11.9. The van der Waals surface area contributed by atoms with Gasteiger partial charge in [0.15, 0.2) is 0 Å². The van der Waals surface area contributed by atoms with Gasteiger partial charge in [0.1, 0.15) is 42.1 Å². The van der Waals surface area contributed by atoms with Crippen molar-refractivity contribution in [3.8, 4) is 0 Å². The molecule has 0 aliphatic carbocycles. The molecule has 7 atom stereocenters.